The van der Waals surface area contributed by atoms with E-state index in [1.807, 2.05) is 13.0 Å². The number of allylic oxidation sites excluding steroid dienone is 2. The molecule has 88 valence electrons. The molecule has 16 heavy (non-hydrogen) atoms. The average Bonchev–Trinajstić information content (AvgIpc) is 2.28. The summed E-state index contributed by atoms with van der Waals surface area (Å²) in [6.45, 7) is 4.73. The molecule has 2 heteroatoms. The lowest BCUT2D eigenvalue weighted by Gasteiger charge is -2.10. The lowest BCUT2D eigenvalue weighted by atomic mass is 10.1. The molecule has 0 bridgehead atoms. The highest BCUT2D eigenvalue weighted by molar-refractivity contribution is 5.34. The molecule has 0 amide bonds. The van der Waals surface area contributed by atoms with Gasteiger partial charge in [-0.1, -0.05) is 19.1 Å². The topological polar surface area (TPSA) is 9.23 Å². The summed E-state index contributed by atoms with van der Waals surface area (Å²) in [5.41, 5.74) is 0.951. The van der Waals surface area contributed by atoms with Crippen molar-refractivity contribution in [2.75, 3.05) is 6.61 Å². The van der Waals surface area contributed by atoms with Gasteiger partial charge in [0.1, 0.15) is 11.6 Å². The number of rotatable bonds is 6. The molecule has 0 aliphatic heterocycles. The Kier molecular flexibility index (Phi) is 5.62. The van der Waals surface area contributed by atoms with E-state index in [9.17, 15) is 4.39 Å². The van der Waals surface area contributed by atoms with Gasteiger partial charge in [-0.3, -0.25) is 0 Å². The van der Waals surface area contributed by atoms with Crippen LogP contribution in [0.2, 0.25) is 0 Å². The highest BCUT2D eigenvalue weighted by Gasteiger charge is 2.04. The Labute approximate surface area is 96.9 Å². The van der Waals surface area contributed by atoms with Crippen LogP contribution in [0.5, 0.6) is 5.75 Å². The number of hydrogen-bond donors (Lipinski definition) is 0. The molecule has 0 saturated heterocycles. The zero-order chi connectivity index (χ0) is 11.8. The summed E-state index contributed by atoms with van der Waals surface area (Å²) in [5, 5.41) is 0. The fourth-order valence-electron chi connectivity index (χ4n) is 1.50. The van der Waals surface area contributed by atoms with Crippen LogP contribution >= 0.6 is 0 Å². The van der Waals surface area contributed by atoms with Crippen LogP contribution in [0.15, 0.2) is 30.4 Å². The molecule has 1 aromatic carbocycles. The van der Waals surface area contributed by atoms with Crippen LogP contribution in [0.1, 0.15) is 32.3 Å². The van der Waals surface area contributed by atoms with Gasteiger partial charge in [0.05, 0.1) is 6.61 Å². The van der Waals surface area contributed by atoms with Crippen molar-refractivity contribution in [1.82, 2.24) is 0 Å². The predicted molar refractivity (Wildman–Crippen MR) is 65.3 cm³/mol. The Morgan fingerprint density at radius 3 is 2.88 bits per heavy atom. The van der Waals surface area contributed by atoms with Crippen molar-refractivity contribution in [3.8, 4) is 5.75 Å². The van der Waals surface area contributed by atoms with Gasteiger partial charge in [-0.2, -0.15) is 0 Å². The second-order valence-corrected chi connectivity index (χ2v) is 3.71. The second-order valence-electron chi connectivity index (χ2n) is 3.71. The third-order valence-corrected chi connectivity index (χ3v) is 2.30. The van der Waals surface area contributed by atoms with Crippen molar-refractivity contribution < 1.29 is 9.13 Å². The molecule has 0 saturated carbocycles. The van der Waals surface area contributed by atoms with Gasteiger partial charge >= 0.3 is 0 Å². The fraction of sp³-hybridized carbons (Fsp3) is 0.429. The van der Waals surface area contributed by atoms with E-state index in [0.717, 1.165) is 30.6 Å². The monoisotopic (exact) mass is 222 g/mol. The van der Waals surface area contributed by atoms with E-state index in [4.69, 9.17) is 4.74 Å². The Balaban J connectivity index is 2.72. The zero-order valence-corrected chi connectivity index (χ0v) is 10.0. The van der Waals surface area contributed by atoms with Gasteiger partial charge in [0.2, 0.25) is 0 Å². The summed E-state index contributed by atoms with van der Waals surface area (Å²) in [7, 11) is 0. The molecule has 0 aromatic heterocycles. The number of halogens is 1. The molecular weight excluding hydrogens is 203 g/mol. The summed E-state index contributed by atoms with van der Waals surface area (Å²) >= 11 is 0. The summed E-state index contributed by atoms with van der Waals surface area (Å²) in [6.07, 6.45) is 6.79. The smallest absolute Gasteiger partial charge is 0.123 e. The average molecular weight is 222 g/mol. The first-order chi connectivity index (χ1) is 7.77. The number of benzene rings is 1. The minimum atomic E-state index is -0.195. The third kappa shape index (κ3) is 4.05. The van der Waals surface area contributed by atoms with Crippen molar-refractivity contribution in [2.24, 2.45) is 0 Å². The van der Waals surface area contributed by atoms with Gasteiger partial charge in [0.15, 0.2) is 0 Å². The van der Waals surface area contributed by atoms with Crippen molar-refractivity contribution in [3.63, 3.8) is 0 Å². The van der Waals surface area contributed by atoms with E-state index in [1.165, 1.54) is 6.07 Å². The predicted octanol–water partition coefficient (Wildman–Crippen LogP) is 4.12. The summed E-state index contributed by atoms with van der Waals surface area (Å²) < 4.78 is 18.7. The molecule has 1 rings (SSSR count). The summed E-state index contributed by atoms with van der Waals surface area (Å²) in [5.74, 6) is 0.618. The van der Waals surface area contributed by atoms with E-state index in [1.54, 1.807) is 12.1 Å². The number of ether oxygens (including phenoxy) is 1. The molecule has 0 aliphatic rings. The highest BCUT2D eigenvalue weighted by atomic mass is 19.1. The van der Waals surface area contributed by atoms with Crippen LogP contribution < -0.4 is 4.74 Å². The molecular formula is C14H19FO. The van der Waals surface area contributed by atoms with Crippen molar-refractivity contribution in [1.29, 1.82) is 0 Å². The van der Waals surface area contributed by atoms with E-state index in [2.05, 4.69) is 13.0 Å². The molecule has 0 atom stereocenters. The first-order valence-electron chi connectivity index (χ1n) is 5.80. The second kappa shape index (κ2) is 7.04. The highest BCUT2D eigenvalue weighted by Crippen LogP contribution is 2.21. The standard InChI is InChI=1S/C14H19FO/c1-3-5-6-7-12-11-13(15)8-9-14(12)16-10-4-2/h3,5,8-9,11H,4,6-7,10H2,1-2H3/b5-3-. The molecule has 0 unspecified atom stereocenters. The normalized spacial score (nSPS) is 10.9. The quantitative estimate of drug-likeness (QED) is 0.658. The van der Waals surface area contributed by atoms with Gasteiger partial charge in [0.25, 0.3) is 0 Å². The molecule has 0 aliphatic carbocycles. The Morgan fingerprint density at radius 1 is 1.38 bits per heavy atom. The van der Waals surface area contributed by atoms with Crippen LogP contribution in [0.25, 0.3) is 0 Å². The maximum absolute atomic E-state index is 13.1. The van der Waals surface area contributed by atoms with Crippen LogP contribution in [0, 0.1) is 5.82 Å². The SMILES string of the molecule is C/C=C\CCc1cc(F)ccc1OCCC. The molecule has 1 nitrogen and oxygen atoms in total. The Morgan fingerprint density at radius 2 is 2.19 bits per heavy atom. The van der Waals surface area contributed by atoms with E-state index >= 15 is 0 Å². The molecule has 0 N–H and O–H groups in total. The first-order valence-corrected chi connectivity index (χ1v) is 5.80. The molecule has 0 fully saturated rings. The van der Waals surface area contributed by atoms with Crippen LogP contribution in [0.4, 0.5) is 4.39 Å². The first kappa shape index (κ1) is 12.8. The Bertz CT molecular complexity index is 345. The molecule has 0 spiro atoms. The van der Waals surface area contributed by atoms with Gasteiger partial charge in [-0.25, -0.2) is 4.39 Å². The maximum Gasteiger partial charge on any atom is 0.123 e. The zero-order valence-electron chi connectivity index (χ0n) is 10.0. The lowest BCUT2D eigenvalue weighted by molar-refractivity contribution is 0.313. The fourth-order valence-corrected chi connectivity index (χ4v) is 1.50. The maximum atomic E-state index is 13.1. The number of aryl methyl sites for hydroxylation is 1. The molecule has 0 radical (unpaired) electrons. The van der Waals surface area contributed by atoms with Crippen LogP contribution in [0.3, 0.4) is 0 Å². The minimum absolute atomic E-state index is 0.195. The Hall–Kier alpha value is -1.31. The van der Waals surface area contributed by atoms with Gasteiger partial charge in [-0.05, 0) is 49.9 Å². The summed E-state index contributed by atoms with van der Waals surface area (Å²) in [6, 6.07) is 4.73. The van der Waals surface area contributed by atoms with Gasteiger partial charge < -0.3 is 4.74 Å². The lowest BCUT2D eigenvalue weighted by Crippen LogP contribution is -1.99. The van der Waals surface area contributed by atoms with Crippen LogP contribution in [-0.2, 0) is 6.42 Å². The van der Waals surface area contributed by atoms with Gasteiger partial charge in [0, 0.05) is 0 Å². The third-order valence-electron chi connectivity index (χ3n) is 2.30. The largest absolute Gasteiger partial charge is 0.493 e. The van der Waals surface area contributed by atoms with E-state index < -0.39 is 0 Å². The van der Waals surface area contributed by atoms with Gasteiger partial charge in [-0.15, -0.1) is 0 Å². The molecule has 1 aromatic rings. The number of hydrogen-bond acceptors (Lipinski definition) is 1. The molecule has 0 heterocycles. The van der Waals surface area contributed by atoms with Crippen molar-refractivity contribution >= 4 is 0 Å². The minimum Gasteiger partial charge on any atom is -0.493 e. The van der Waals surface area contributed by atoms with Crippen LogP contribution in [-0.4, -0.2) is 6.61 Å². The van der Waals surface area contributed by atoms with Crippen molar-refractivity contribution in [3.05, 3.63) is 41.7 Å². The van der Waals surface area contributed by atoms with Crippen molar-refractivity contribution in [2.45, 2.75) is 33.1 Å². The summed E-state index contributed by atoms with van der Waals surface area (Å²) in [4.78, 5) is 0. The van der Waals surface area contributed by atoms with E-state index in [0.29, 0.717) is 6.61 Å². The van der Waals surface area contributed by atoms with E-state index in [-0.39, 0.29) is 5.82 Å².